The van der Waals surface area contributed by atoms with Gasteiger partial charge in [-0.2, -0.15) is 15.8 Å². The molecule has 0 amide bonds. The second-order valence-electron chi connectivity index (χ2n) is 12.6. The Bertz CT molecular complexity index is 2860. The number of hydrogen-bond donors (Lipinski definition) is 0. The van der Waals surface area contributed by atoms with E-state index in [4.69, 9.17) is 0 Å². The molecule has 6 aromatic carbocycles. The van der Waals surface area contributed by atoms with E-state index in [2.05, 4.69) is 112 Å². The monoisotopic (exact) mass is 637 g/mol. The number of para-hydroxylation sites is 2. The Kier molecular flexibility index (Phi) is 6.70. The molecule has 0 spiro atoms. The standard InChI is InChI=1S/C45H27N5/c46-26-29-19-21-42(50-40-16-5-3-14-36(40)39-24-30(27-47)20-22-43(39)50)38(23-29)35-13-2-1-12-34(35)31-9-7-11-33(25-31)49-41-17-6-4-15-37(41)45-32(28-48)10-8-18-44(45)49/h1-19,21,23-25H,20,22H2. The van der Waals surface area contributed by atoms with Gasteiger partial charge in [-0.3, -0.25) is 0 Å². The van der Waals surface area contributed by atoms with E-state index in [9.17, 15) is 15.8 Å². The van der Waals surface area contributed by atoms with E-state index in [0.29, 0.717) is 17.5 Å². The molecule has 232 valence electrons. The zero-order valence-corrected chi connectivity index (χ0v) is 26.9. The first-order chi connectivity index (χ1) is 24.7. The first-order valence-electron chi connectivity index (χ1n) is 16.6. The third-order valence-electron chi connectivity index (χ3n) is 9.93. The third kappa shape index (κ3) is 4.37. The number of nitriles is 3. The van der Waals surface area contributed by atoms with Gasteiger partial charge in [0, 0.05) is 44.2 Å². The Morgan fingerprint density at radius 2 is 1.24 bits per heavy atom. The van der Waals surface area contributed by atoms with Crippen LogP contribution in [0.1, 0.15) is 28.8 Å². The molecule has 5 nitrogen and oxygen atoms in total. The number of benzene rings is 6. The number of fused-ring (bicyclic) bond motifs is 6. The molecule has 0 radical (unpaired) electrons. The van der Waals surface area contributed by atoms with Crippen molar-refractivity contribution in [3.8, 4) is 51.8 Å². The van der Waals surface area contributed by atoms with Crippen LogP contribution in [0.4, 0.5) is 0 Å². The summed E-state index contributed by atoms with van der Waals surface area (Å²) in [5.74, 6) is 0. The van der Waals surface area contributed by atoms with Gasteiger partial charge in [0.2, 0.25) is 0 Å². The van der Waals surface area contributed by atoms with Crippen LogP contribution in [-0.4, -0.2) is 9.13 Å². The zero-order chi connectivity index (χ0) is 33.8. The Morgan fingerprint density at radius 1 is 0.520 bits per heavy atom. The summed E-state index contributed by atoms with van der Waals surface area (Å²) in [6, 6.07) is 52.5. The molecule has 5 heteroatoms. The van der Waals surface area contributed by atoms with Gasteiger partial charge in [-0.1, -0.05) is 78.9 Å². The summed E-state index contributed by atoms with van der Waals surface area (Å²) < 4.78 is 4.56. The minimum absolute atomic E-state index is 0.586. The average molecular weight is 638 g/mol. The predicted octanol–water partition coefficient (Wildman–Crippen LogP) is 10.7. The van der Waals surface area contributed by atoms with E-state index >= 15 is 0 Å². The lowest BCUT2D eigenvalue weighted by atomic mass is 9.92. The highest BCUT2D eigenvalue weighted by Crippen LogP contribution is 2.42. The normalized spacial score (nSPS) is 12.3. The van der Waals surface area contributed by atoms with Crippen molar-refractivity contribution in [2.75, 3.05) is 0 Å². The summed E-state index contributed by atoms with van der Waals surface area (Å²) in [6.45, 7) is 0. The summed E-state index contributed by atoms with van der Waals surface area (Å²) >= 11 is 0. The van der Waals surface area contributed by atoms with Gasteiger partial charge < -0.3 is 9.13 Å². The van der Waals surface area contributed by atoms with Crippen molar-refractivity contribution in [3.63, 3.8) is 0 Å². The summed E-state index contributed by atoms with van der Waals surface area (Å²) in [5.41, 5.74) is 13.4. The molecule has 0 fully saturated rings. The van der Waals surface area contributed by atoms with Gasteiger partial charge in [-0.25, -0.2) is 0 Å². The fraction of sp³-hybridized carbons (Fsp3) is 0.0444. The maximum atomic E-state index is 10.1. The molecule has 0 aliphatic heterocycles. The van der Waals surface area contributed by atoms with Crippen molar-refractivity contribution >= 4 is 38.8 Å². The van der Waals surface area contributed by atoms with Crippen molar-refractivity contribution < 1.29 is 0 Å². The molecule has 0 bridgehead atoms. The second-order valence-corrected chi connectivity index (χ2v) is 12.6. The highest BCUT2D eigenvalue weighted by molar-refractivity contribution is 6.12. The molecule has 0 atom stereocenters. The molecular formula is C45H27N5. The van der Waals surface area contributed by atoms with Gasteiger partial charge in [0.1, 0.15) is 0 Å². The maximum absolute atomic E-state index is 10.1. The van der Waals surface area contributed by atoms with Gasteiger partial charge in [-0.15, -0.1) is 0 Å². The Balaban J connectivity index is 1.27. The highest BCUT2D eigenvalue weighted by Gasteiger charge is 2.24. The smallest absolute Gasteiger partial charge is 0.0998 e. The van der Waals surface area contributed by atoms with Crippen LogP contribution in [0, 0.1) is 34.0 Å². The highest BCUT2D eigenvalue weighted by atomic mass is 15.0. The van der Waals surface area contributed by atoms with Crippen LogP contribution in [0.3, 0.4) is 0 Å². The molecular weight excluding hydrogens is 611 g/mol. The zero-order valence-electron chi connectivity index (χ0n) is 26.9. The lowest BCUT2D eigenvalue weighted by Crippen LogP contribution is -2.06. The minimum Gasteiger partial charge on any atom is -0.312 e. The number of nitrogens with zero attached hydrogens (tertiary/aromatic N) is 5. The number of aromatic nitrogens is 2. The predicted molar refractivity (Wildman–Crippen MR) is 200 cm³/mol. The van der Waals surface area contributed by atoms with Gasteiger partial charge in [0.15, 0.2) is 0 Å². The molecule has 0 saturated heterocycles. The summed E-state index contributed by atoms with van der Waals surface area (Å²) in [4.78, 5) is 0. The minimum atomic E-state index is 0.586. The van der Waals surface area contributed by atoms with Gasteiger partial charge in [0.25, 0.3) is 0 Å². The lowest BCUT2D eigenvalue weighted by Gasteiger charge is -2.20. The molecule has 2 heterocycles. The second kappa shape index (κ2) is 11.5. The van der Waals surface area contributed by atoms with E-state index in [1.807, 2.05) is 54.6 Å². The Morgan fingerprint density at radius 3 is 2.04 bits per heavy atom. The van der Waals surface area contributed by atoms with Gasteiger partial charge in [0.05, 0.1) is 51.6 Å². The SMILES string of the molecule is N#CC1=Cc2c(n(-c3ccc(C#N)cc3-c3ccccc3-c3cccc(-n4c5ccccc5c5c(C#N)cccc54)c3)c3ccccc23)CC1. The Hall–Kier alpha value is -7.13. The van der Waals surface area contributed by atoms with E-state index < -0.39 is 0 Å². The van der Waals surface area contributed by atoms with Gasteiger partial charge >= 0.3 is 0 Å². The third-order valence-corrected chi connectivity index (χ3v) is 9.93. The number of hydrogen-bond acceptors (Lipinski definition) is 3. The number of allylic oxidation sites excluding steroid dienone is 1. The fourth-order valence-electron chi connectivity index (χ4n) is 7.78. The van der Waals surface area contributed by atoms with E-state index in [1.54, 1.807) is 0 Å². The van der Waals surface area contributed by atoms with Crippen LogP contribution in [0.2, 0.25) is 0 Å². The van der Waals surface area contributed by atoms with Crippen molar-refractivity contribution in [2.45, 2.75) is 12.8 Å². The average Bonchev–Trinajstić information content (AvgIpc) is 3.70. The molecule has 2 aromatic heterocycles. The van der Waals surface area contributed by atoms with E-state index in [0.717, 1.165) is 83.9 Å². The summed E-state index contributed by atoms with van der Waals surface area (Å²) in [6.07, 6.45) is 3.47. The quantitative estimate of drug-likeness (QED) is 0.193. The topological polar surface area (TPSA) is 81.2 Å². The maximum Gasteiger partial charge on any atom is 0.0998 e. The van der Waals surface area contributed by atoms with Crippen molar-refractivity contribution in [3.05, 3.63) is 161 Å². The van der Waals surface area contributed by atoms with Crippen LogP contribution in [0.25, 0.3) is 72.4 Å². The van der Waals surface area contributed by atoms with Crippen molar-refractivity contribution in [1.29, 1.82) is 15.8 Å². The molecule has 0 N–H and O–H groups in total. The van der Waals surface area contributed by atoms with Crippen LogP contribution in [0.5, 0.6) is 0 Å². The first kappa shape index (κ1) is 29.0. The first-order valence-corrected chi connectivity index (χ1v) is 16.6. The van der Waals surface area contributed by atoms with E-state index in [1.165, 1.54) is 5.69 Å². The van der Waals surface area contributed by atoms with Crippen molar-refractivity contribution in [1.82, 2.24) is 9.13 Å². The van der Waals surface area contributed by atoms with Gasteiger partial charge in [-0.05, 0) is 90.2 Å². The lowest BCUT2D eigenvalue weighted by molar-refractivity contribution is 0.871. The molecule has 0 saturated carbocycles. The van der Waals surface area contributed by atoms with Crippen LogP contribution >= 0.6 is 0 Å². The number of rotatable bonds is 4. The largest absolute Gasteiger partial charge is 0.312 e. The van der Waals surface area contributed by atoms with Crippen LogP contribution in [-0.2, 0) is 6.42 Å². The molecule has 1 aliphatic rings. The molecule has 9 rings (SSSR count). The van der Waals surface area contributed by atoms with Crippen LogP contribution < -0.4 is 0 Å². The van der Waals surface area contributed by atoms with Crippen molar-refractivity contribution in [2.24, 2.45) is 0 Å². The fourth-order valence-corrected chi connectivity index (χ4v) is 7.78. The molecule has 50 heavy (non-hydrogen) atoms. The molecule has 8 aromatic rings. The van der Waals surface area contributed by atoms with E-state index in [-0.39, 0.29) is 0 Å². The summed E-state index contributed by atoms with van der Waals surface area (Å²) in [5, 5.41) is 32.9. The Labute approximate surface area is 289 Å². The summed E-state index contributed by atoms with van der Waals surface area (Å²) in [7, 11) is 0. The van der Waals surface area contributed by atoms with Crippen LogP contribution in [0.15, 0.2) is 139 Å². The molecule has 1 aliphatic carbocycles. The molecule has 0 unspecified atom stereocenters.